The molecule has 0 fully saturated rings. The number of rotatable bonds is 2. The number of nitrogens with two attached hydrogens (primary N) is 1. The Balaban J connectivity index is 2.09. The molecule has 1 aliphatic rings. The molecule has 0 radical (unpaired) electrons. The van der Waals surface area contributed by atoms with Gasteiger partial charge in [-0.25, -0.2) is 0 Å². The van der Waals surface area contributed by atoms with Crippen LogP contribution in [0.25, 0.3) is 11.1 Å². The number of benzene rings is 1. The van der Waals surface area contributed by atoms with E-state index in [1.165, 1.54) is 22.3 Å². The second kappa shape index (κ2) is 4.00. The third kappa shape index (κ3) is 1.67. The Morgan fingerprint density at radius 2 is 2.35 bits per heavy atom. The van der Waals surface area contributed by atoms with Gasteiger partial charge >= 0.3 is 0 Å². The number of aryl methyl sites for hydroxylation is 1. The minimum atomic E-state index is 0.214. The van der Waals surface area contributed by atoms with Crippen molar-refractivity contribution < 1.29 is 0 Å². The van der Waals surface area contributed by atoms with Crippen molar-refractivity contribution in [3.8, 4) is 11.1 Å². The van der Waals surface area contributed by atoms with Crippen molar-refractivity contribution in [1.29, 1.82) is 0 Å². The molecule has 0 amide bonds. The first-order chi connectivity index (χ1) is 8.29. The van der Waals surface area contributed by atoms with Crippen LogP contribution in [0.3, 0.4) is 0 Å². The molecule has 3 nitrogen and oxygen atoms in total. The normalized spacial score (nSPS) is 18.4. The molecular formula is C14H17N3. The van der Waals surface area contributed by atoms with Crippen molar-refractivity contribution >= 4 is 0 Å². The Morgan fingerprint density at radius 3 is 3.12 bits per heavy atom. The van der Waals surface area contributed by atoms with E-state index in [-0.39, 0.29) is 6.04 Å². The van der Waals surface area contributed by atoms with Gasteiger partial charge < -0.3 is 5.73 Å². The van der Waals surface area contributed by atoms with Crippen LogP contribution in [-0.4, -0.2) is 9.78 Å². The van der Waals surface area contributed by atoms with Crippen LogP contribution in [0.2, 0.25) is 0 Å². The predicted octanol–water partition coefficient (Wildman–Crippen LogP) is 2.52. The quantitative estimate of drug-likeness (QED) is 0.856. The van der Waals surface area contributed by atoms with Gasteiger partial charge in [0.25, 0.3) is 0 Å². The molecule has 88 valence electrons. The van der Waals surface area contributed by atoms with Crippen molar-refractivity contribution in [2.75, 3.05) is 0 Å². The lowest BCUT2D eigenvalue weighted by atomic mass is 9.99. The van der Waals surface area contributed by atoms with Gasteiger partial charge in [-0.1, -0.05) is 18.2 Å². The molecule has 0 saturated carbocycles. The average Bonchev–Trinajstić information content (AvgIpc) is 2.96. The van der Waals surface area contributed by atoms with E-state index in [1.54, 1.807) is 0 Å². The molecule has 1 aliphatic carbocycles. The minimum Gasteiger partial charge on any atom is -0.324 e. The predicted molar refractivity (Wildman–Crippen MR) is 68.6 cm³/mol. The van der Waals surface area contributed by atoms with E-state index in [2.05, 4.69) is 36.4 Å². The maximum Gasteiger partial charge on any atom is 0.0568 e. The molecule has 0 bridgehead atoms. The summed E-state index contributed by atoms with van der Waals surface area (Å²) in [5.41, 5.74) is 11.3. The summed E-state index contributed by atoms with van der Waals surface area (Å²) in [6, 6.07) is 6.64. The van der Waals surface area contributed by atoms with Crippen molar-refractivity contribution in [3.63, 3.8) is 0 Å². The van der Waals surface area contributed by atoms with Crippen LogP contribution in [0.4, 0.5) is 0 Å². The highest BCUT2D eigenvalue weighted by atomic mass is 15.3. The van der Waals surface area contributed by atoms with E-state index < -0.39 is 0 Å². The first-order valence-corrected chi connectivity index (χ1v) is 6.19. The first-order valence-electron chi connectivity index (χ1n) is 6.19. The molecule has 1 aromatic heterocycles. The van der Waals surface area contributed by atoms with Gasteiger partial charge in [-0.3, -0.25) is 4.68 Å². The van der Waals surface area contributed by atoms with Gasteiger partial charge in [0.2, 0.25) is 0 Å². The molecule has 0 saturated heterocycles. The highest BCUT2D eigenvalue weighted by molar-refractivity contribution is 5.68. The van der Waals surface area contributed by atoms with Gasteiger partial charge in [0, 0.05) is 24.3 Å². The first kappa shape index (κ1) is 10.5. The molecule has 1 atom stereocenters. The molecule has 1 heterocycles. The fourth-order valence-electron chi connectivity index (χ4n) is 2.63. The van der Waals surface area contributed by atoms with E-state index in [4.69, 9.17) is 5.73 Å². The van der Waals surface area contributed by atoms with E-state index in [1.807, 2.05) is 10.9 Å². The summed E-state index contributed by atoms with van der Waals surface area (Å²) < 4.78 is 1.96. The minimum absolute atomic E-state index is 0.214. The van der Waals surface area contributed by atoms with Crippen molar-refractivity contribution in [2.45, 2.75) is 32.4 Å². The fraction of sp³-hybridized carbons (Fsp3) is 0.357. The van der Waals surface area contributed by atoms with Gasteiger partial charge in [0.15, 0.2) is 0 Å². The zero-order valence-electron chi connectivity index (χ0n) is 10.1. The summed E-state index contributed by atoms with van der Waals surface area (Å²) in [4.78, 5) is 0. The standard InChI is InChI=1S/C14H17N3/c1-2-17-9-10(8-16-17)11-4-3-5-13-12(11)6-7-14(13)15/h3-5,8-9,14H,2,6-7,15H2,1H3. The number of hydrogen-bond acceptors (Lipinski definition) is 2. The summed E-state index contributed by atoms with van der Waals surface area (Å²) in [6.07, 6.45) is 6.21. The Bertz CT molecular complexity index is 542. The van der Waals surface area contributed by atoms with Crippen LogP contribution in [0, 0.1) is 0 Å². The SMILES string of the molecule is CCn1cc(-c2cccc3c2CCC3N)cn1. The van der Waals surface area contributed by atoms with Crippen LogP contribution in [0.5, 0.6) is 0 Å². The smallest absolute Gasteiger partial charge is 0.0568 e. The largest absolute Gasteiger partial charge is 0.324 e. The van der Waals surface area contributed by atoms with Crippen LogP contribution in [-0.2, 0) is 13.0 Å². The third-order valence-electron chi connectivity index (χ3n) is 3.59. The molecule has 3 heteroatoms. The summed E-state index contributed by atoms with van der Waals surface area (Å²) in [5.74, 6) is 0. The Labute approximate surface area is 101 Å². The van der Waals surface area contributed by atoms with E-state index in [0.29, 0.717) is 0 Å². The van der Waals surface area contributed by atoms with Crippen LogP contribution in [0.15, 0.2) is 30.6 Å². The topological polar surface area (TPSA) is 43.8 Å². The highest BCUT2D eigenvalue weighted by Crippen LogP contribution is 2.36. The second-order valence-electron chi connectivity index (χ2n) is 4.60. The zero-order chi connectivity index (χ0) is 11.8. The summed E-state index contributed by atoms with van der Waals surface area (Å²) in [5, 5.41) is 4.34. The Kier molecular flexibility index (Phi) is 2.48. The Morgan fingerprint density at radius 1 is 1.47 bits per heavy atom. The molecule has 2 N–H and O–H groups in total. The van der Waals surface area contributed by atoms with Gasteiger partial charge in [-0.15, -0.1) is 0 Å². The third-order valence-corrected chi connectivity index (χ3v) is 3.59. The highest BCUT2D eigenvalue weighted by Gasteiger charge is 2.22. The lowest BCUT2D eigenvalue weighted by Gasteiger charge is -2.08. The maximum atomic E-state index is 6.10. The summed E-state index contributed by atoms with van der Waals surface area (Å²) in [6.45, 7) is 3.01. The Hall–Kier alpha value is -1.61. The number of hydrogen-bond donors (Lipinski definition) is 1. The molecule has 2 aromatic rings. The molecule has 3 rings (SSSR count). The van der Waals surface area contributed by atoms with Crippen molar-refractivity contribution in [2.24, 2.45) is 5.73 Å². The molecule has 0 aliphatic heterocycles. The van der Waals surface area contributed by atoms with E-state index in [0.717, 1.165) is 19.4 Å². The van der Waals surface area contributed by atoms with Crippen LogP contribution >= 0.6 is 0 Å². The molecular weight excluding hydrogens is 210 g/mol. The number of fused-ring (bicyclic) bond motifs is 1. The lowest BCUT2D eigenvalue weighted by molar-refractivity contribution is 0.660. The van der Waals surface area contributed by atoms with Crippen LogP contribution in [0.1, 0.15) is 30.5 Å². The van der Waals surface area contributed by atoms with Gasteiger partial charge in [-0.2, -0.15) is 5.10 Å². The lowest BCUT2D eigenvalue weighted by Crippen LogP contribution is -2.04. The van der Waals surface area contributed by atoms with Crippen molar-refractivity contribution in [1.82, 2.24) is 9.78 Å². The fourth-order valence-corrected chi connectivity index (χ4v) is 2.63. The van der Waals surface area contributed by atoms with Gasteiger partial charge in [-0.05, 0) is 36.5 Å². The molecule has 1 unspecified atom stereocenters. The zero-order valence-corrected chi connectivity index (χ0v) is 10.1. The average molecular weight is 227 g/mol. The molecule has 0 spiro atoms. The monoisotopic (exact) mass is 227 g/mol. The number of nitrogens with zero attached hydrogens (tertiary/aromatic N) is 2. The van der Waals surface area contributed by atoms with Crippen molar-refractivity contribution in [3.05, 3.63) is 41.7 Å². The molecule has 17 heavy (non-hydrogen) atoms. The summed E-state index contributed by atoms with van der Waals surface area (Å²) >= 11 is 0. The van der Waals surface area contributed by atoms with Crippen LogP contribution < -0.4 is 5.73 Å². The summed E-state index contributed by atoms with van der Waals surface area (Å²) in [7, 11) is 0. The second-order valence-corrected chi connectivity index (χ2v) is 4.60. The van der Waals surface area contributed by atoms with E-state index in [9.17, 15) is 0 Å². The number of aromatic nitrogens is 2. The van der Waals surface area contributed by atoms with E-state index >= 15 is 0 Å². The molecule has 1 aromatic carbocycles. The van der Waals surface area contributed by atoms with Gasteiger partial charge in [0.05, 0.1) is 6.20 Å². The van der Waals surface area contributed by atoms with Gasteiger partial charge in [0.1, 0.15) is 0 Å². The maximum absolute atomic E-state index is 6.10.